The molecule has 2 aromatic heterocycles. The number of nitrogens with zero attached hydrogens (tertiary/aromatic N) is 4. The second-order valence-electron chi connectivity index (χ2n) is 7.67. The van der Waals surface area contributed by atoms with Crippen LogP contribution in [-0.4, -0.2) is 24.7 Å². The second-order valence-corrected chi connectivity index (χ2v) is 8.11. The summed E-state index contributed by atoms with van der Waals surface area (Å²) < 4.78 is 13.5. The van der Waals surface area contributed by atoms with Crippen molar-refractivity contribution in [1.82, 2.24) is 19.6 Å². The molecular weight excluding hydrogens is 440 g/mol. The molecule has 0 fully saturated rings. The molecular formula is C25H17ClN4O3. The Bertz CT molecular complexity index is 1470. The van der Waals surface area contributed by atoms with E-state index in [9.17, 15) is 5.11 Å². The fourth-order valence-corrected chi connectivity index (χ4v) is 4.21. The first-order valence-electron chi connectivity index (χ1n) is 10.3. The zero-order valence-electron chi connectivity index (χ0n) is 17.2. The molecule has 162 valence electrons. The van der Waals surface area contributed by atoms with Gasteiger partial charge in [0.2, 0.25) is 5.88 Å². The third-order valence-corrected chi connectivity index (χ3v) is 5.80. The average molecular weight is 457 g/mol. The van der Waals surface area contributed by atoms with Gasteiger partial charge in [-0.05, 0) is 35.9 Å². The van der Waals surface area contributed by atoms with Gasteiger partial charge < -0.3 is 14.6 Å². The highest BCUT2D eigenvalue weighted by molar-refractivity contribution is 6.30. The Hall–Kier alpha value is -4.10. The number of halogens is 1. The van der Waals surface area contributed by atoms with Gasteiger partial charge in [-0.2, -0.15) is 0 Å². The number of aromatic nitrogens is 4. The van der Waals surface area contributed by atoms with E-state index in [-0.39, 0.29) is 18.3 Å². The van der Waals surface area contributed by atoms with Crippen LogP contribution in [0.15, 0.2) is 79.1 Å². The van der Waals surface area contributed by atoms with Crippen LogP contribution >= 0.6 is 11.6 Å². The normalized spacial score (nSPS) is 14.4. The lowest BCUT2D eigenvalue weighted by molar-refractivity contribution is 0.296. The minimum Gasteiger partial charge on any atom is -0.508 e. The molecule has 7 nitrogen and oxygen atoms in total. The highest BCUT2D eigenvalue weighted by Gasteiger charge is 2.33. The van der Waals surface area contributed by atoms with E-state index >= 15 is 0 Å². The highest BCUT2D eigenvalue weighted by atomic mass is 35.5. The summed E-state index contributed by atoms with van der Waals surface area (Å²) in [4.78, 5) is 9.25. The molecule has 8 heteroatoms. The molecule has 3 aromatic carbocycles. The van der Waals surface area contributed by atoms with Gasteiger partial charge in [-0.15, -0.1) is 5.10 Å². The van der Waals surface area contributed by atoms with Gasteiger partial charge in [-0.25, -0.2) is 14.5 Å². The van der Waals surface area contributed by atoms with Crippen LogP contribution in [0.5, 0.6) is 23.1 Å². The first kappa shape index (κ1) is 19.6. The van der Waals surface area contributed by atoms with Crippen LogP contribution in [0.1, 0.15) is 28.4 Å². The van der Waals surface area contributed by atoms with Crippen molar-refractivity contribution >= 4 is 17.2 Å². The molecule has 0 radical (unpaired) electrons. The van der Waals surface area contributed by atoms with E-state index in [2.05, 4.69) is 22.2 Å². The molecule has 0 spiro atoms. The van der Waals surface area contributed by atoms with Crippen LogP contribution in [0, 0.1) is 0 Å². The minimum absolute atomic E-state index is 0.134. The topological polar surface area (TPSA) is 81.8 Å². The highest BCUT2D eigenvalue weighted by Crippen LogP contribution is 2.48. The number of aromatic hydroxyl groups is 1. The third-order valence-electron chi connectivity index (χ3n) is 5.55. The summed E-state index contributed by atoms with van der Waals surface area (Å²) in [5.41, 5.74) is 3.43. The summed E-state index contributed by atoms with van der Waals surface area (Å²) in [5, 5.41) is 15.2. The fourth-order valence-electron chi connectivity index (χ4n) is 4.08. The Morgan fingerprint density at radius 1 is 1.03 bits per heavy atom. The summed E-state index contributed by atoms with van der Waals surface area (Å²) in [6.07, 6.45) is 1.57. The van der Waals surface area contributed by atoms with Gasteiger partial charge >= 0.3 is 0 Å². The Balaban J connectivity index is 1.44. The van der Waals surface area contributed by atoms with E-state index in [1.54, 1.807) is 47.2 Å². The van der Waals surface area contributed by atoms with E-state index in [0.29, 0.717) is 33.9 Å². The second kappa shape index (κ2) is 7.79. The molecule has 0 bridgehead atoms. The van der Waals surface area contributed by atoms with Crippen LogP contribution in [-0.2, 0) is 6.61 Å². The lowest BCUT2D eigenvalue weighted by Gasteiger charge is -2.27. The van der Waals surface area contributed by atoms with Crippen molar-refractivity contribution in [3.63, 3.8) is 0 Å². The smallest absolute Gasteiger partial charge is 0.228 e. The Morgan fingerprint density at radius 2 is 1.85 bits per heavy atom. The van der Waals surface area contributed by atoms with E-state index in [4.69, 9.17) is 26.1 Å². The first-order valence-corrected chi connectivity index (χ1v) is 10.7. The predicted octanol–water partition coefficient (Wildman–Crippen LogP) is 5.35. The summed E-state index contributed by atoms with van der Waals surface area (Å²) in [6, 6.07) is 22.3. The first-order chi connectivity index (χ1) is 16.2. The number of rotatable bonds is 4. The summed E-state index contributed by atoms with van der Waals surface area (Å²) in [6.45, 7) is 0.194. The van der Waals surface area contributed by atoms with E-state index in [0.717, 1.165) is 16.7 Å². The van der Waals surface area contributed by atoms with Crippen LogP contribution in [0.3, 0.4) is 0 Å². The molecule has 1 aliphatic heterocycles. The monoisotopic (exact) mass is 456 g/mol. The SMILES string of the molecule is Oc1ccc2c(c1)Oc1ncn3nc(COc4ccc(Cl)cc4)nc3c1C2c1ccccc1. The predicted molar refractivity (Wildman–Crippen MR) is 122 cm³/mol. The van der Waals surface area contributed by atoms with Crippen molar-refractivity contribution in [2.45, 2.75) is 12.5 Å². The number of phenolic OH excluding ortho intramolecular Hbond substituents is 1. The molecule has 1 N–H and O–H groups in total. The lowest BCUT2D eigenvalue weighted by atomic mass is 9.84. The molecule has 5 aromatic rings. The number of hydrogen-bond acceptors (Lipinski definition) is 6. The van der Waals surface area contributed by atoms with Gasteiger partial charge in [0.05, 0.1) is 5.56 Å². The minimum atomic E-state index is -0.184. The maximum atomic E-state index is 9.99. The molecule has 3 heterocycles. The Kier molecular flexibility index (Phi) is 4.62. The Morgan fingerprint density at radius 3 is 2.67 bits per heavy atom. The molecule has 0 saturated carbocycles. The van der Waals surface area contributed by atoms with Crippen molar-refractivity contribution in [2.75, 3.05) is 0 Å². The van der Waals surface area contributed by atoms with Gasteiger partial charge in [0.1, 0.15) is 30.2 Å². The fraction of sp³-hybridized carbons (Fsp3) is 0.0800. The van der Waals surface area contributed by atoms with Crippen LogP contribution < -0.4 is 9.47 Å². The van der Waals surface area contributed by atoms with E-state index in [1.807, 2.05) is 24.3 Å². The molecule has 0 amide bonds. The molecule has 1 aliphatic rings. The molecule has 6 rings (SSSR count). The standard InChI is InChI=1S/C25H17ClN4O3/c26-16-6-9-18(10-7-16)32-13-21-28-24-23-22(15-4-2-1-3-5-15)19-11-8-17(31)12-20(19)33-25(23)27-14-30(24)29-21/h1-12,14,22,31H,13H2. The van der Waals surface area contributed by atoms with Crippen LogP contribution in [0.2, 0.25) is 5.02 Å². The molecule has 0 saturated heterocycles. The van der Waals surface area contributed by atoms with Gasteiger partial charge in [0, 0.05) is 22.6 Å². The van der Waals surface area contributed by atoms with Crippen molar-refractivity contribution < 1.29 is 14.6 Å². The number of fused-ring (bicyclic) bond motifs is 4. The van der Waals surface area contributed by atoms with Crippen molar-refractivity contribution in [3.05, 3.63) is 107 Å². The molecule has 33 heavy (non-hydrogen) atoms. The molecule has 1 unspecified atom stereocenters. The maximum absolute atomic E-state index is 9.99. The quantitative estimate of drug-likeness (QED) is 0.385. The van der Waals surface area contributed by atoms with Gasteiger partial charge in [-0.3, -0.25) is 0 Å². The van der Waals surface area contributed by atoms with Crippen molar-refractivity contribution in [3.8, 4) is 23.1 Å². The van der Waals surface area contributed by atoms with Gasteiger partial charge in [0.25, 0.3) is 0 Å². The Labute approximate surface area is 193 Å². The van der Waals surface area contributed by atoms with Crippen molar-refractivity contribution in [1.29, 1.82) is 0 Å². The van der Waals surface area contributed by atoms with Gasteiger partial charge in [0.15, 0.2) is 11.5 Å². The third kappa shape index (κ3) is 3.52. The summed E-state index contributed by atoms with van der Waals surface area (Å²) in [7, 11) is 0. The summed E-state index contributed by atoms with van der Waals surface area (Å²) in [5.74, 6) is 2.15. The number of ether oxygens (including phenoxy) is 2. The zero-order valence-corrected chi connectivity index (χ0v) is 18.0. The number of phenols is 1. The molecule has 1 atom stereocenters. The zero-order chi connectivity index (χ0) is 22.4. The number of benzene rings is 3. The molecule has 0 aliphatic carbocycles. The van der Waals surface area contributed by atoms with Gasteiger partial charge in [-0.1, -0.05) is 48.0 Å². The number of hydrogen-bond donors (Lipinski definition) is 1. The average Bonchev–Trinajstić information content (AvgIpc) is 3.26. The van der Waals surface area contributed by atoms with E-state index in [1.165, 1.54) is 0 Å². The van der Waals surface area contributed by atoms with Crippen LogP contribution in [0.4, 0.5) is 0 Å². The van der Waals surface area contributed by atoms with Crippen LogP contribution in [0.25, 0.3) is 5.65 Å². The largest absolute Gasteiger partial charge is 0.508 e. The maximum Gasteiger partial charge on any atom is 0.228 e. The van der Waals surface area contributed by atoms with Crippen molar-refractivity contribution in [2.24, 2.45) is 0 Å². The lowest BCUT2D eigenvalue weighted by Crippen LogP contribution is -2.14. The van der Waals surface area contributed by atoms with E-state index < -0.39 is 0 Å². The summed E-state index contributed by atoms with van der Waals surface area (Å²) >= 11 is 5.94.